The molecular formula is C17H28N2O3. The maximum Gasteiger partial charge on any atom is 0.308 e. The lowest BCUT2D eigenvalue weighted by Crippen LogP contribution is -2.38. The first-order valence-electron chi connectivity index (χ1n) is 8.41. The van der Waals surface area contributed by atoms with Crippen molar-refractivity contribution in [2.75, 3.05) is 19.6 Å². The third-order valence-electron chi connectivity index (χ3n) is 4.86. The van der Waals surface area contributed by atoms with Crippen molar-refractivity contribution < 1.29 is 14.7 Å². The van der Waals surface area contributed by atoms with Gasteiger partial charge < -0.3 is 10.4 Å². The molecule has 0 aromatic carbocycles. The van der Waals surface area contributed by atoms with E-state index in [4.69, 9.17) is 0 Å². The van der Waals surface area contributed by atoms with Crippen LogP contribution in [0.2, 0.25) is 0 Å². The van der Waals surface area contributed by atoms with E-state index in [1.165, 1.54) is 18.4 Å². The van der Waals surface area contributed by atoms with Crippen LogP contribution < -0.4 is 5.32 Å². The third-order valence-corrected chi connectivity index (χ3v) is 4.86. The molecule has 0 bridgehead atoms. The lowest BCUT2D eigenvalue weighted by Gasteiger charge is -2.19. The molecular weight excluding hydrogens is 280 g/mol. The molecule has 0 radical (unpaired) electrons. The van der Waals surface area contributed by atoms with E-state index in [0.29, 0.717) is 19.6 Å². The number of hydrogen-bond donors (Lipinski definition) is 2. The van der Waals surface area contributed by atoms with Crippen molar-refractivity contribution in [1.29, 1.82) is 0 Å². The molecule has 5 nitrogen and oxygen atoms in total. The van der Waals surface area contributed by atoms with Crippen molar-refractivity contribution in [3.05, 3.63) is 11.6 Å². The lowest BCUT2D eigenvalue weighted by molar-refractivity contribution is -0.145. The summed E-state index contributed by atoms with van der Waals surface area (Å²) in [5.41, 5.74) is 1.43. The van der Waals surface area contributed by atoms with Crippen LogP contribution in [0.5, 0.6) is 0 Å². The van der Waals surface area contributed by atoms with Gasteiger partial charge in [0, 0.05) is 25.7 Å². The molecule has 1 aliphatic heterocycles. The largest absolute Gasteiger partial charge is 0.481 e. The maximum absolute atomic E-state index is 12.3. The van der Waals surface area contributed by atoms with Crippen LogP contribution in [-0.2, 0) is 9.59 Å². The van der Waals surface area contributed by atoms with Gasteiger partial charge in [0.2, 0.25) is 5.91 Å². The van der Waals surface area contributed by atoms with Crippen LogP contribution in [0.3, 0.4) is 0 Å². The van der Waals surface area contributed by atoms with E-state index >= 15 is 0 Å². The Bertz CT molecular complexity index is 445. The van der Waals surface area contributed by atoms with E-state index < -0.39 is 17.8 Å². The number of allylic oxidation sites excluding steroid dienone is 1. The van der Waals surface area contributed by atoms with Gasteiger partial charge in [-0.3, -0.25) is 14.5 Å². The maximum atomic E-state index is 12.3. The van der Waals surface area contributed by atoms with Crippen LogP contribution in [-0.4, -0.2) is 47.6 Å². The van der Waals surface area contributed by atoms with Crippen molar-refractivity contribution in [3.8, 4) is 0 Å². The first kappa shape index (κ1) is 17.0. The lowest BCUT2D eigenvalue weighted by atomic mass is 9.95. The number of carbonyl (C=O) groups excluding carboxylic acids is 1. The molecule has 1 heterocycles. The van der Waals surface area contributed by atoms with E-state index in [1.54, 1.807) is 0 Å². The van der Waals surface area contributed by atoms with Crippen molar-refractivity contribution in [1.82, 2.24) is 10.2 Å². The predicted octanol–water partition coefficient (Wildman–Crippen LogP) is 2.03. The highest BCUT2D eigenvalue weighted by Crippen LogP contribution is 2.26. The fraction of sp³-hybridized carbons (Fsp3) is 0.765. The number of rotatable bonds is 6. The minimum absolute atomic E-state index is 0.105. The van der Waals surface area contributed by atoms with E-state index in [2.05, 4.69) is 16.3 Å². The smallest absolute Gasteiger partial charge is 0.308 e. The highest BCUT2D eigenvalue weighted by Gasteiger charge is 2.42. The molecule has 2 N–H and O–H groups in total. The van der Waals surface area contributed by atoms with Gasteiger partial charge in [-0.15, -0.1) is 0 Å². The molecule has 0 spiro atoms. The number of nitrogens with zero attached hydrogens (tertiary/aromatic N) is 1. The Morgan fingerprint density at radius 1 is 1.32 bits per heavy atom. The summed E-state index contributed by atoms with van der Waals surface area (Å²) in [6.07, 6.45) is 7.97. The van der Waals surface area contributed by atoms with Crippen LogP contribution in [0.4, 0.5) is 0 Å². The zero-order valence-electron chi connectivity index (χ0n) is 13.7. The molecule has 124 valence electrons. The summed E-state index contributed by atoms with van der Waals surface area (Å²) in [6.45, 7) is 5.71. The molecule has 0 unspecified atom stereocenters. The van der Waals surface area contributed by atoms with Crippen molar-refractivity contribution in [3.63, 3.8) is 0 Å². The normalized spacial score (nSPS) is 26.0. The molecule has 0 saturated carbocycles. The molecule has 2 aliphatic rings. The van der Waals surface area contributed by atoms with Gasteiger partial charge in [-0.1, -0.05) is 11.6 Å². The molecule has 2 atom stereocenters. The number of carboxylic acids is 1. The van der Waals surface area contributed by atoms with Crippen LogP contribution in [0.15, 0.2) is 11.6 Å². The fourth-order valence-electron chi connectivity index (χ4n) is 3.38. The monoisotopic (exact) mass is 308 g/mol. The average molecular weight is 308 g/mol. The molecule has 1 aliphatic carbocycles. The van der Waals surface area contributed by atoms with Crippen LogP contribution in [0.25, 0.3) is 0 Å². The van der Waals surface area contributed by atoms with Crippen LogP contribution in [0, 0.1) is 11.8 Å². The zero-order chi connectivity index (χ0) is 16.1. The minimum atomic E-state index is -0.863. The Kier molecular flexibility index (Phi) is 6.00. The number of nitrogens with one attached hydrogen (secondary N) is 1. The summed E-state index contributed by atoms with van der Waals surface area (Å²) in [5.74, 6) is -1.98. The SMILES string of the molecule is CC(C)N1C[C@H](C(=O)NCCC2=CCCCC2)[C@H](C(=O)O)C1. The highest BCUT2D eigenvalue weighted by molar-refractivity contribution is 5.85. The quantitative estimate of drug-likeness (QED) is 0.737. The zero-order valence-corrected chi connectivity index (χ0v) is 13.7. The number of carboxylic acid groups (broad SMARTS) is 1. The van der Waals surface area contributed by atoms with Gasteiger partial charge in [0.25, 0.3) is 0 Å². The summed E-state index contributed by atoms with van der Waals surface area (Å²) in [5, 5.41) is 12.3. The molecule has 2 rings (SSSR count). The molecule has 1 amide bonds. The number of likely N-dealkylation sites (tertiary alicyclic amines) is 1. The van der Waals surface area contributed by atoms with Gasteiger partial charge in [0.05, 0.1) is 11.8 Å². The van der Waals surface area contributed by atoms with Crippen LogP contribution >= 0.6 is 0 Å². The van der Waals surface area contributed by atoms with Gasteiger partial charge in [-0.05, 0) is 46.0 Å². The number of hydrogen-bond acceptors (Lipinski definition) is 3. The van der Waals surface area contributed by atoms with E-state index in [-0.39, 0.29) is 11.9 Å². The van der Waals surface area contributed by atoms with Gasteiger partial charge >= 0.3 is 5.97 Å². The van der Waals surface area contributed by atoms with Gasteiger partial charge in [0.15, 0.2) is 0 Å². The standard InChI is InChI=1S/C17H28N2O3/c1-12(2)19-10-14(15(11-19)17(21)22)16(20)18-9-8-13-6-4-3-5-7-13/h6,12,14-15H,3-5,7-11H2,1-2H3,(H,18,20)(H,21,22)/t14-,15+/m0/s1. The van der Waals surface area contributed by atoms with Gasteiger partial charge in [0.1, 0.15) is 0 Å². The van der Waals surface area contributed by atoms with E-state index in [9.17, 15) is 14.7 Å². The Balaban J connectivity index is 1.84. The predicted molar refractivity (Wildman–Crippen MR) is 85.5 cm³/mol. The third kappa shape index (κ3) is 4.32. The fourth-order valence-corrected chi connectivity index (χ4v) is 3.38. The van der Waals surface area contributed by atoms with E-state index in [1.807, 2.05) is 13.8 Å². The summed E-state index contributed by atoms with van der Waals surface area (Å²) in [4.78, 5) is 25.8. The Hall–Kier alpha value is -1.36. The first-order chi connectivity index (χ1) is 10.5. The second-order valence-electron chi connectivity index (χ2n) is 6.75. The highest BCUT2D eigenvalue weighted by atomic mass is 16.4. The minimum Gasteiger partial charge on any atom is -0.481 e. The van der Waals surface area contributed by atoms with Crippen molar-refractivity contribution in [2.45, 2.75) is 52.0 Å². The summed E-state index contributed by atoms with van der Waals surface area (Å²) in [6, 6.07) is 0.270. The molecule has 0 aromatic heterocycles. The molecule has 22 heavy (non-hydrogen) atoms. The van der Waals surface area contributed by atoms with Crippen LogP contribution in [0.1, 0.15) is 46.0 Å². The van der Waals surface area contributed by atoms with E-state index in [0.717, 1.165) is 19.3 Å². The van der Waals surface area contributed by atoms with Crippen molar-refractivity contribution in [2.24, 2.45) is 11.8 Å². The Labute approximate surface area is 132 Å². The summed E-state index contributed by atoms with van der Waals surface area (Å²) in [7, 11) is 0. The second kappa shape index (κ2) is 7.77. The number of amides is 1. The average Bonchev–Trinajstić information content (AvgIpc) is 2.94. The summed E-state index contributed by atoms with van der Waals surface area (Å²) >= 11 is 0. The molecule has 5 heteroatoms. The Morgan fingerprint density at radius 3 is 2.64 bits per heavy atom. The Morgan fingerprint density at radius 2 is 2.05 bits per heavy atom. The molecule has 0 aromatic rings. The topological polar surface area (TPSA) is 69.6 Å². The number of aliphatic carboxylic acids is 1. The van der Waals surface area contributed by atoms with Gasteiger partial charge in [-0.2, -0.15) is 0 Å². The van der Waals surface area contributed by atoms with Gasteiger partial charge in [-0.25, -0.2) is 0 Å². The second-order valence-corrected chi connectivity index (χ2v) is 6.75. The van der Waals surface area contributed by atoms with Crippen molar-refractivity contribution >= 4 is 11.9 Å². The molecule has 1 saturated heterocycles. The first-order valence-corrected chi connectivity index (χ1v) is 8.41. The molecule has 1 fully saturated rings. The number of carbonyl (C=O) groups is 2. The summed E-state index contributed by atoms with van der Waals surface area (Å²) < 4.78 is 0.